The lowest BCUT2D eigenvalue weighted by molar-refractivity contribution is 0.104. The van der Waals surface area contributed by atoms with E-state index in [1.54, 1.807) is 0 Å². The lowest BCUT2D eigenvalue weighted by Crippen LogP contribution is -2.06. The van der Waals surface area contributed by atoms with Gasteiger partial charge < -0.3 is 5.32 Å². The summed E-state index contributed by atoms with van der Waals surface area (Å²) in [7, 11) is 0. The number of carbonyl (C=O) groups is 1. The minimum absolute atomic E-state index is 0.144. The highest BCUT2D eigenvalue weighted by molar-refractivity contribution is 6.24. The third-order valence-corrected chi connectivity index (χ3v) is 3.60. The Balaban J connectivity index is 2.03. The van der Waals surface area contributed by atoms with E-state index in [4.69, 9.17) is 0 Å². The number of unbranched alkanes of at least 4 members (excludes halogenated alkanes) is 1. The van der Waals surface area contributed by atoms with Gasteiger partial charge in [-0.25, -0.2) is 0 Å². The first-order valence-electron chi connectivity index (χ1n) is 6.84. The largest absolute Gasteiger partial charge is 0.384 e. The van der Waals surface area contributed by atoms with Crippen molar-refractivity contribution >= 4 is 11.5 Å². The maximum Gasteiger partial charge on any atom is 0.196 e. The van der Waals surface area contributed by atoms with E-state index >= 15 is 0 Å². The molecule has 0 fully saturated rings. The molecule has 0 spiro atoms. The normalized spacial score (nSPS) is 12.2. The molecular weight excluding hydrogens is 234 g/mol. The molecular formula is C17H17NO. The van der Waals surface area contributed by atoms with Crippen LogP contribution in [0.1, 0.15) is 35.7 Å². The van der Waals surface area contributed by atoms with Crippen LogP contribution in [-0.4, -0.2) is 12.3 Å². The minimum atomic E-state index is 0.144. The van der Waals surface area contributed by atoms with Crippen molar-refractivity contribution in [2.24, 2.45) is 0 Å². The zero-order valence-electron chi connectivity index (χ0n) is 11.1. The number of fused-ring (bicyclic) bond motifs is 3. The van der Waals surface area contributed by atoms with Gasteiger partial charge in [0.15, 0.2) is 5.78 Å². The zero-order chi connectivity index (χ0) is 13.2. The second-order valence-electron chi connectivity index (χ2n) is 4.88. The van der Waals surface area contributed by atoms with Crippen LogP contribution in [0, 0.1) is 0 Å². The molecule has 0 aromatic heterocycles. The summed E-state index contributed by atoms with van der Waals surface area (Å²) in [6.45, 7) is 3.08. The van der Waals surface area contributed by atoms with Gasteiger partial charge in [0.1, 0.15) is 0 Å². The molecule has 0 atom stereocenters. The van der Waals surface area contributed by atoms with Crippen molar-refractivity contribution < 1.29 is 4.79 Å². The zero-order valence-corrected chi connectivity index (χ0v) is 11.1. The predicted octanol–water partition coefficient (Wildman–Crippen LogP) is 4.11. The van der Waals surface area contributed by atoms with Gasteiger partial charge in [-0.15, -0.1) is 0 Å². The first kappa shape index (κ1) is 12.0. The van der Waals surface area contributed by atoms with Gasteiger partial charge in [-0.05, 0) is 23.6 Å². The maximum absolute atomic E-state index is 12.5. The standard InChI is InChI=1S/C17H17NO/c1-2-3-11-18-15-10-6-9-13-12-7-4-5-8-14(12)17(19)16(13)15/h4-10,18H,2-3,11H2,1H3. The average molecular weight is 251 g/mol. The Morgan fingerprint density at radius 1 is 0.947 bits per heavy atom. The first-order chi connectivity index (χ1) is 9.33. The monoisotopic (exact) mass is 251 g/mol. The van der Waals surface area contributed by atoms with Gasteiger partial charge >= 0.3 is 0 Å². The van der Waals surface area contributed by atoms with Crippen LogP contribution >= 0.6 is 0 Å². The van der Waals surface area contributed by atoms with Crippen molar-refractivity contribution in [3.63, 3.8) is 0 Å². The van der Waals surface area contributed by atoms with Crippen LogP contribution in [0.2, 0.25) is 0 Å². The van der Waals surface area contributed by atoms with E-state index in [0.717, 1.165) is 47.3 Å². The van der Waals surface area contributed by atoms with Gasteiger partial charge in [0, 0.05) is 17.8 Å². The molecule has 0 aliphatic heterocycles. The van der Waals surface area contributed by atoms with E-state index in [0.29, 0.717) is 0 Å². The van der Waals surface area contributed by atoms with Crippen molar-refractivity contribution in [3.8, 4) is 11.1 Å². The fourth-order valence-corrected chi connectivity index (χ4v) is 2.62. The quantitative estimate of drug-likeness (QED) is 0.707. The molecule has 0 saturated heterocycles. The Labute approximate surface area is 113 Å². The second-order valence-corrected chi connectivity index (χ2v) is 4.88. The summed E-state index contributed by atoms with van der Waals surface area (Å²) >= 11 is 0. The fourth-order valence-electron chi connectivity index (χ4n) is 2.62. The van der Waals surface area contributed by atoms with Crippen molar-refractivity contribution in [1.29, 1.82) is 0 Å². The molecule has 0 saturated carbocycles. The van der Waals surface area contributed by atoms with Crippen LogP contribution in [0.3, 0.4) is 0 Å². The van der Waals surface area contributed by atoms with E-state index in [9.17, 15) is 4.79 Å². The first-order valence-corrected chi connectivity index (χ1v) is 6.84. The van der Waals surface area contributed by atoms with Crippen molar-refractivity contribution in [2.45, 2.75) is 19.8 Å². The lowest BCUT2D eigenvalue weighted by atomic mass is 10.0. The molecule has 0 heterocycles. The van der Waals surface area contributed by atoms with Crippen LogP contribution in [0.15, 0.2) is 42.5 Å². The number of ketones is 1. The molecule has 0 bridgehead atoms. The van der Waals surface area contributed by atoms with Gasteiger partial charge in [-0.2, -0.15) is 0 Å². The molecule has 2 heteroatoms. The van der Waals surface area contributed by atoms with Crippen LogP contribution in [0.4, 0.5) is 5.69 Å². The van der Waals surface area contributed by atoms with Crippen molar-refractivity contribution in [2.75, 3.05) is 11.9 Å². The molecule has 0 radical (unpaired) electrons. The Hall–Kier alpha value is -2.09. The van der Waals surface area contributed by atoms with Crippen LogP contribution < -0.4 is 5.32 Å². The summed E-state index contributed by atoms with van der Waals surface area (Å²) in [5.41, 5.74) is 4.73. The number of nitrogens with one attached hydrogen (secondary N) is 1. The second kappa shape index (κ2) is 4.88. The fraction of sp³-hybridized carbons (Fsp3) is 0.235. The van der Waals surface area contributed by atoms with Gasteiger partial charge in [-0.1, -0.05) is 49.7 Å². The van der Waals surface area contributed by atoms with Crippen LogP contribution in [0.25, 0.3) is 11.1 Å². The van der Waals surface area contributed by atoms with E-state index in [2.05, 4.69) is 12.2 Å². The molecule has 1 aliphatic carbocycles. The Kier molecular flexibility index (Phi) is 3.08. The van der Waals surface area contributed by atoms with E-state index in [-0.39, 0.29) is 5.78 Å². The van der Waals surface area contributed by atoms with Gasteiger partial charge in [-0.3, -0.25) is 4.79 Å². The van der Waals surface area contributed by atoms with Crippen LogP contribution in [-0.2, 0) is 0 Å². The lowest BCUT2D eigenvalue weighted by Gasteiger charge is -2.10. The molecule has 1 N–H and O–H groups in total. The molecule has 19 heavy (non-hydrogen) atoms. The number of benzene rings is 2. The minimum Gasteiger partial charge on any atom is -0.384 e. The van der Waals surface area contributed by atoms with Gasteiger partial charge in [0.05, 0.1) is 5.56 Å². The highest BCUT2D eigenvalue weighted by Gasteiger charge is 2.28. The summed E-state index contributed by atoms with van der Waals surface area (Å²) in [5, 5.41) is 3.39. The van der Waals surface area contributed by atoms with Crippen molar-refractivity contribution in [1.82, 2.24) is 0 Å². The number of anilines is 1. The molecule has 2 aromatic carbocycles. The van der Waals surface area contributed by atoms with Crippen LogP contribution in [0.5, 0.6) is 0 Å². The predicted molar refractivity (Wildman–Crippen MR) is 78.7 cm³/mol. The summed E-state index contributed by atoms with van der Waals surface area (Å²) < 4.78 is 0. The molecule has 2 aromatic rings. The van der Waals surface area contributed by atoms with Gasteiger partial charge in [0.2, 0.25) is 0 Å². The number of rotatable bonds is 4. The Morgan fingerprint density at radius 3 is 2.47 bits per heavy atom. The van der Waals surface area contributed by atoms with Gasteiger partial charge in [0.25, 0.3) is 0 Å². The van der Waals surface area contributed by atoms with E-state index < -0.39 is 0 Å². The number of hydrogen-bond donors (Lipinski definition) is 1. The summed E-state index contributed by atoms with van der Waals surface area (Å²) in [6.07, 6.45) is 2.26. The number of hydrogen-bond acceptors (Lipinski definition) is 2. The molecule has 96 valence electrons. The molecule has 2 nitrogen and oxygen atoms in total. The summed E-state index contributed by atoms with van der Waals surface area (Å²) in [6, 6.07) is 13.9. The smallest absolute Gasteiger partial charge is 0.196 e. The Morgan fingerprint density at radius 2 is 1.68 bits per heavy atom. The molecule has 0 amide bonds. The molecule has 1 aliphatic rings. The topological polar surface area (TPSA) is 29.1 Å². The van der Waals surface area contributed by atoms with E-state index in [1.807, 2.05) is 42.5 Å². The Bertz CT molecular complexity index is 631. The third kappa shape index (κ3) is 1.93. The third-order valence-electron chi connectivity index (χ3n) is 3.60. The highest BCUT2D eigenvalue weighted by atomic mass is 16.1. The summed E-state index contributed by atoms with van der Waals surface area (Å²) in [5.74, 6) is 0.144. The highest BCUT2D eigenvalue weighted by Crippen LogP contribution is 2.39. The summed E-state index contributed by atoms with van der Waals surface area (Å²) in [4.78, 5) is 12.5. The van der Waals surface area contributed by atoms with Crippen molar-refractivity contribution in [3.05, 3.63) is 53.6 Å². The average Bonchev–Trinajstić information content (AvgIpc) is 2.74. The molecule has 3 rings (SSSR count). The molecule has 0 unspecified atom stereocenters. The maximum atomic E-state index is 12.5. The van der Waals surface area contributed by atoms with E-state index in [1.165, 1.54) is 0 Å². The number of carbonyl (C=O) groups excluding carboxylic acids is 1. The SMILES string of the molecule is CCCCNc1cccc2c1C(=O)c1ccccc1-2.